The van der Waals surface area contributed by atoms with E-state index in [4.69, 9.17) is 24.4 Å². The predicted octanol–water partition coefficient (Wildman–Crippen LogP) is 10.5. The highest BCUT2D eigenvalue weighted by atomic mass is 32.2. The lowest BCUT2D eigenvalue weighted by Crippen LogP contribution is -2.20. The molecule has 69 heavy (non-hydrogen) atoms. The van der Waals surface area contributed by atoms with E-state index in [9.17, 15) is 27.6 Å². The van der Waals surface area contributed by atoms with Gasteiger partial charge in [0.1, 0.15) is 23.9 Å². The number of carbonyl (C=O) groups excluding carboxylic acids is 2. The maximum Gasteiger partial charge on any atom is 0.325 e. The van der Waals surface area contributed by atoms with E-state index >= 15 is 0 Å². The van der Waals surface area contributed by atoms with E-state index in [2.05, 4.69) is 45.1 Å². The molecular weight excluding hydrogens is 945 g/mol. The maximum absolute atomic E-state index is 12.7. The molecule has 0 aliphatic carbocycles. The topological polar surface area (TPSA) is 244 Å². The number of aromatic nitrogens is 2. The number of nitrogens with zero attached hydrogens (tertiary/aromatic N) is 2. The van der Waals surface area contributed by atoms with Crippen LogP contribution in [-0.4, -0.2) is 65.8 Å². The van der Waals surface area contributed by atoms with Gasteiger partial charge in [-0.1, -0.05) is 75.4 Å². The summed E-state index contributed by atoms with van der Waals surface area (Å²) in [6, 6.07) is 23.2. The van der Waals surface area contributed by atoms with Crippen molar-refractivity contribution in [1.29, 1.82) is 0 Å². The molecule has 6 aromatic rings. The van der Waals surface area contributed by atoms with E-state index < -0.39 is 33.8 Å². The predicted molar refractivity (Wildman–Crippen MR) is 268 cm³/mol. The smallest absolute Gasteiger partial charge is 0.325 e. The van der Waals surface area contributed by atoms with Gasteiger partial charge in [-0.2, -0.15) is 0 Å². The molecule has 0 unspecified atom stereocenters. The fraction of sp³-hybridized carbons (Fsp3) is 0.306. The first-order valence-corrected chi connectivity index (χ1v) is 25.1. The van der Waals surface area contributed by atoms with Gasteiger partial charge in [0.15, 0.2) is 20.1 Å². The van der Waals surface area contributed by atoms with E-state index in [0.717, 1.165) is 32.9 Å². The van der Waals surface area contributed by atoms with Gasteiger partial charge < -0.3 is 35.1 Å². The zero-order valence-corrected chi connectivity index (χ0v) is 41.5. The molecule has 0 atom stereocenters. The molecule has 6 N–H and O–H groups in total. The van der Waals surface area contributed by atoms with Crippen LogP contribution in [0.1, 0.15) is 66.1 Å². The summed E-state index contributed by atoms with van der Waals surface area (Å²) in [4.78, 5) is 56.2. The molecule has 2 aromatic heterocycles. The molecule has 20 heteroatoms. The Kier molecular flexibility index (Phi) is 19.5. The number of urea groups is 2. The van der Waals surface area contributed by atoms with Crippen LogP contribution in [0.4, 0.5) is 31.2 Å². The zero-order chi connectivity index (χ0) is 50.1. The van der Waals surface area contributed by atoms with Crippen LogP contribution in [0.5, 0.6) is 17.2 Å². The molecule has 0 fully saturated rings. The molecule has 4 amide bonds. The zero-order valence-electron chi connectivity index (χ0n) is 39.0. The van der Waals surface area contributed by atoms with Crippen molar-refractivity contribution in [2.45, 2.75) is 78.1 Å². The highest BCUT2D eigenvalue weighted by Gasteiger charge is 2.19. The largest absolute Gasteiger partial charge is 0.491 e. The second-order valence-electron chi connectivity index (χ2n) is 16.6. The van der Waals surface area contributed by atoms with Crippen molar-refractivity contribution in [2.24, 2.45) is 11.8 Å². The summed E-state index contributed by atoms with van der Waals surface area (Å²) in [5.41, 5.74) is 4.60. The minimum atomic E-state index is -3.67. The highest BCUT2D eigenvalue weighted by molar-refractivity contribution is 7.90. The van der Waals surface area contributed by atoms with Gasteiger partial charge in [-0.25, -0.2) is 28.0 Å². The van der Waals surface area contributed by atoms with E-state index in [-0.39, 0.29) is 28.6 Å². The van der Waals surface area contributed by atoms with E-state index in [0.29, 0.717) is 82.3 Å². The Morgan fingerprint density at radius 3 is 1.61 bits per heavy atom. The number of amides is 4. The minimum absolute atomic E-state index is 0.0839. The molecule has 0 aliphatic rings. The fourth-order valence-electron chi connectivity index (χ4n) is 6.00. The van der Waals surface area contributed by atoms with Gasteiger partial charge in [0, 0.05) is 23.7 Å². The molecular formula is C49H56N6O11S3. The number of carboxylic acids is 2. The third-order valence-corrected chi connectivity index (χ3v) is 13.0. The molecule has 4 aromatic carbocycles. The number of sulfone groups is 1. The molecule has 0 bridgehead atoms. The van der Waals surface area contributed by atoms with Crippen LogP contribution in [0.15, 0.2) is 102 Å². The second-order valence-corrected chi connectivity index (χ2v) is 20.9. The summed E-state index contributed by atoms with van der Waals surface area (Å²) < 4.78 is 42.9. The molecule has 6 rings (SSSR count). The Balaban J connectivity index is 0.000000258. The van der Waals surface area contributed by atoms with Crippen molar-refractivity contribution in [3.05, 3.63) is 129 Å². The fourth-order valence-corrected chi connectivity index (χ4v) is 9.19. The van der Waals surface area contributed by atoms with Gasteiger partial charge in [0.05, 0.1) is 46.5 Å². The van der Waals surface area contributed by atoms with Crippen LogP contribution in [0, 0.1) is 25.7 Å². The third-order valence-electron chi connectivity index (χ3n) is 9.37. The summed E-state index contributed by atoms with van der Waals surface area (Å²) in [6.45, 7) is 13.5. The van der Waals surface area contributed by atoms with Gasteiger partial charge >= 0.3 is 24.0 Å². The molecule has 0 saturated heterocycles. The summed E-state index contributed by atoms with van der Waals surface area (Å²) in [7, 11) is -3.67. The number of carbonyl (C=O) groups is 4. The van der Waals surface area contributed by atoms with Crippen LogP contribution in [0.25, 0.3) is 0 Å². The Bertz CT molecular complexity index is 2790. The second kappa shape index (κ2) is 25.4. The average molecular weight is 1000 g/mol. The number of anilines is 4. The van der Waals surface area contributed by atoms with Crippen LogP contribution in [-0.2, 0) is 44.6 Å². The van der Waals surface area contributed by atoms with E-state index in [1.807, 2.05) is 82.3 Å². The first kappa shape index (κ1) is 52.9. The summed E-state index contributed by atoms with van der Waals surface area (Å²) in [5.74, 6) is 0.460. The molecule has 17 nitrogen and oxygen atoms in total. The quantitative estimate of drug-likeness (QED) is 0.0393. The number of benzene rings is 4. The number of aliphatic carboxylic acids is 2. The van der Waals surface area contributed by atoms with Crippen molar-refractivity contribution in [2.75, 3.05) is 34.5 Å². The first-order valence-electron chi connectivity index (χ1n) is 21.8. The number of aryl methyl sites for hydroxylation is 3. The Morgan fingerprint density at radius 2 is 1.12 bits per heavy atom. The summed E-state index contributed by atoms with van der Waals surface area (Å²) in [5, 5.41) is 29.2. The van der Waals surface area contributed by atoms with Crippen molar-refractivity contribution >= 4 is 78.1 Å². The van der Waals surface area contributed by atoms with Crippen LogP contribution in [0.2, 0.25) is 0 Å². The molecule has 0 saturated carbocycles. The number of carboxylic acid groups (broad SMARTS) is 2. The molecule has 366 valence electrons. The maximum atomic E-state index is 12.7. The minimum Gasteiger partial charge on any atom is -0.491 e. The standard InChI is InChI=1S/C25H29N3O5S.C24H27N3O6S2/c1-16(2)14-33-22-12-17(3)4-10-21(22)27-24(31)28-25-26-13-20(34-25)15-32-19-8-5-18(6-9-19)7-11-23(29)30;1-15(2)13-33-21-10-16(3)4-9-20(21)26-23(30)27-24-25-12-18(34-24)14-35(31,32)19-7-5-17(6-8-19)11-22(28)29/h4-6,8-10,12-13,16H,7,11,14-15H2,1-3H3,(H,29,30)(H2,26,27,28,31);4-10,12,15H,11,13-14H2,1-3H3,(H,28,29)(H2,25,26,27,30). The lowest BCUT2D eigenvalue weighted by molar-refractivity contribution is -0.137. The first-order chi connectivity index (χ1) is 32.8. The van der Waals surface area contributed by atoms with Crippen molar-refractivity contribution in [1.82, 2.24) is 9.97 Å². The number of thiazole rings is 2. The van der Waals surface area contributed by atoms with Gasteiger partial charge in [-0.15, -0.1) is 11.3 Å². The number of ether oxygens (including phenoxy) is 3. The van der Waals surface area contributed by atoms with Crippen molar-refractivity contribution in [3.8, 4) is 17.2 Å². The monoisotopic (exact) mass is 1000 g/mol. The molecule has 0 radical (unpaired) electrons. The normalized spacial score (nSPS) is 11.0. The van der Waals surface area contributed by atoms with Crippen molar-refractivity contribution < 1.29 is 52.0 Å². The van der Waals surface area contributed by atoms with Crippen molar-refractivity contribution in [3.63, 3.8) is 0 Å². The highest BCUT2D eigenvalue weighted by Crippen LogP contribution is 2.30. The summed E-state index contributed by atoms with van der Waals surface area (Å²) in [6.07, 6.45) is 3.46. The SMILES string of the molecule is Cc1ccc(NC(=O)Nc2ncc(COc3ccc(CCC(=O)O)cc3)s2)c(OCC(C)C)c1.Cc1ccc(NC(=O)Nc2ncc(CS(=O)(=O)c3ccc(CC(=O)O)cc3)s2)c(OCC(C)C)c1. The Labute approximate surface area is 409 Å². The number of nitrogens with one attached hydrogen (secondary N) is 4. The van der Waals surface area contributed by atoms with Crippen LogP contribution >= 0.6 is 22.7 Å². The van der Waals surface area contributed by atoms with Gasteiger partial charge in [-0.05, 0) is 103 Å². The lowest BCUT2D eigenvalue weighted by Gasteiger charge is -2.14. The molecule has 2 heterocycles. The van der Waals surface area contributed by atoms with Gasteiger partial charge in [0.25, 0.3) is 0 Å². The number of hydrogen-bond donors (Lipinski definition) is 6. The summed E-state index contributed by atoms with van der Waals surface area (Å²) >= 11 is 2.38. The van der Waals surface area contributed by atoms with Crippen LogP contribution < -0.4 is 35.5 Å². The third kappa shape index (κ3) is 18.2. The van der Waals surface area contributed by atoms with Gasteiger partial charge in [0.2, 0.25) is 0 Å². The van der Waals surface area contributed by atoms with Gasteiger partial charge in [-0.3, -0.25) is 20.2 Å². The van der Waals surface area contributed by atoms with E-state index in [1.54, 1.807) is 12.3 Å². The average Bonchev–Trinajstić information content (AvgIpc) is 3.93. The molecule has 0 aliphatic heterocycles. The van der Waals surface area contributed by atoms with Crippen LogP contribution in [0.3, 0.4) is 0 Å². The Hall–Kier alpha value is -7.03. The Morgan fingerprint density at radius 1 is 0.623 bits per heavy atom. The number of rotatable bonds is 21. The van der Waals surface area contributed by atoms with E-state index in [1.165, 1.54) is 41.8 Å². The molecule has 0 spiro atoms. The number of hydrogen-bond acceptors (Lipinski definition) is 13. The lowest BCUT2D eigenvalue weighted by atomic mass is 10.1.